The Kier molecular flexibility index (Phi) is 10.0. The number of hydrogen-bond donors (Lipinski definition) is 3. The smallest absolute Gasteiger partial charge is 0.308 e. The Morgan fingerprint density at radius 2 is 1.80 bits per heavy atom. The van der Waals surface area contributed by atoms with Crippen molar-refractivity contribution in [1.29, 1.82) is 0 Å². The number of esters is 1. The van der Waals surface area contributed by atoms with Gasteiger partial charge in [-0.15, -0.1) is 0 Å². The third-order valence-electron chi connectivity index (χ3n) is 10.4. The van der Waals surface area contributed by atoms with Crippen molar-refractivity contribution in [3.63, 3.8) is 0 Å². The summed E-state index contributed by atoms with van der Waals surface area (Å²) in [7, 11) is 3.36. The first-order valence-electron chi connectivity index (χ1n) is 17.4. The molecule has 2 aliphatic rings. The molecular weight excluding hydrogens is 666 g/mol. The van der Waals surface area contributed by atoms with E-state index in [1.807, 2.05) is 61.0 Å². The summed E-state index contributed by atoms with van der Waals surface area (Å²) in [5.41, 5.74) is 7.42. The fourth-order valence-corrected chi connectivity index (χ4v) is 7.82. The van der Waals surface area contributed by atoms with Crippen LogP contribution in [0.15, 0.2) is 60.9 Å². The number of anilines is 3. The molecular formula is C39H42ClN7O4. The Hall–Kier alpha value is -4.84. The number of aliphatic hydroxyl groups is 1. The molecule has 0 radical (unpaired) electrons. The number of hydrogen-bond acceptors (Lipinski definition) is 9. The topological polar surface area (TPSA) is 134 Å². The van der Waals surface area contributed by atoms with Crippen LogP contribution in [0.2, 0.25) is 5.02 Å². The lowest BCUT2D eigenvalue weighted by Crippen LogP contribution is -2.36. The molecule has 4 heterocycles. The Labute approximate surface area is 302 Å². The number of ether oxygens (including phenoxy) is 1. The summed E-state index contributed by atoms with van der Waals surface area (Å²) in [5.74, 6) is 1.12. The minimum Gasteiger partial charge on any atom is -0.469 e. The van der Waals surface area contributed by atoms with Gasteiger partial charge >= 0.3 is 5.97 Å². The maximum atomic E-state index is 13.7. The van der Waals surface area contributed by atoms with Crippen molar-refractivity contribution < 1.29 is 19.4 Å². The average molecular weight is 708 g/mol. The summed E-state index contributed by atoms with van der Waals surface area (Å²) >= 11 is 7.02. The van der Waals surface area contributed by atoms with E-state index in [1.54, 1.807) is 18.5 Å². The maximum Gasteiger partial charge on any atom is 0.308 e. The number of pyridine rings is 2. The molecule has 7 rings (SSSR count). The second-order valence-corrected chi connectivity index (χ2v) is 13.9. The van der Waals surface area contributed by atoms with Gasteiger partial charge in [0.25, 0.3) is 5.91 Å². The lowest BCUT2D eigenvalue weighted by Gasteiger charge is -2.33. The molecule has 0 unspecified atom stereocenters. The number of nitrogens with zero attached hydrogens (tertiary/aromatic N) is 5. The molecule has 0 bridgehead atoms. The van der Waals surface area contributed by atoms with E-state index in [1.165, 1.54) is 7.11 Å². The molecule has 0 spiro atoms. The molecule has 3 N–H and O–H groups in total. The van der Waals surface area contributed by atoms with E-state index in [9.17, 15) is 14.7 Å². The standard InChI is InChI=1S/C39H42ClN7O4/c1-23-28(6-4-8-30(23)43-36-35-27(14-16-41-36)18-25(22-48)19-42-35)29-7-5-9-31(34(29)40)45-38(49)37-44-32-21-47(17-15-33(32)46(37)2)20-24-10-12-26(13-11-24)39(50)51-3/h4-9,14,16,18-19,24,26,48H,10-13,15,17,20-22H2,1-3H3,(H,41,43)(H,45,49)/t24-,26-. The molecule has 2 aromatic carbocycles. The lowest BCUT2D eigenvalue weighted by molar-refractivity contribution is -0.146. The molecule has 0 saturated heterocycles. The Bertz CT molecular complexity index is 2110. The molecule has 51 heavy (non-hydrogen) atoms. The van der Waals surface area contributed by atoms with Crippen molar-refractivity contribution in [2.45, 2.75) is 52.2 Å². The number of imidazole rings is 1. The zero-order valence-corrected chi connectivity index (χ0v) is 29.8. The van der Waals surface area contributed by atoms with E-state index in [-0.39, 0.29) is 24.4 Å². The summed E-state index contributed by atoms with van der Waals surface area (Å²) < 4.78 is 6.85. The first kappa shape index (κ1) is 34.6. The number of aromatic nitrogens is 4. The zero-order valence-electron chi connectivity index (χ0n) is 29.1. The fourth-order valence-electron chi connectivity index (χ4n) is 7.54. The summed E-state index contributed by atoms with van der Waals surface area (Å²) in [4.78, 5) is 41.9. The largest absolute Gasteiger partial charge is 0.469 e. The Morgan fingerprint density at radius 3 is 2.57 bits per heavy atom. The van der Waals surface area contributed by atoms with E-state index >= 15 is 0 Å². The number of carbonyl (C=O) groups is 2. The van der Waals surface area contributed by atoms with Gasteiger partial charge in [0.15, 0.2) is 11.6 Å². The van der Waals surface area contributed by atoms with Gasteiger partial charge in [0.1, 0.15) is 5.52 Å². The monoisotopic (exact) mass is 707 g/mol. The molecule has 11 nitrogen and oxygen atoms in total. The third kappa shape index (κ3) is 7.06. The highest BCUT2D eigenvalue weighted by atomic mass is 35.5. The summed E-state index contributed by atoms with van der Waals surface area (Å²) in [5, 5.41) is 17.3. The van der Waals surface area contributed by atoms with Gasteiger partial charge in [0.05, 0.1) is 36.0 Å². The van der Waals surface area contributed by atoms with Crippen molar-refractivity contribution in [3.8, 4) is 11.1 Å². The van der Waals surface area contributed by atoms with Crippen LogP contribution >= 0.6 is 11.6 Å². The highest BCUT2D eigenvalue weighted by molar-refractivity contribution is 6.36. The predicted octanol–water partition coefficient (Wildman–Crippen LogP) is 6.82. The number of carbonyl (C=O) groups excluding carboxylic acids is 2. The predicted molar refractivity (Wildman–Crippen MR) is 198 cm³/mol. The van der Waals surface area contributed by atoms with Gasteiger partial charge in [-0.05, 0) is 79.5 Å². The summed E-state index contributed by atoms with van der Waals surface area (Å²) in [6.07, 6.45) is 7.97. The van der Waals surface area contributed by atoms with Gasteiger partial charge in [-0.2, -0.15) is 0 Å². The molecule has 1 aliphatic heterocycles. The molecule has 3 aromatic heterocycles. The first-order chi connectivity index (χ1) is 24.7. The van der Waals surface area contributed by atoms with Crippen LogP contribution in [0.5, 0.6) is 0 Å². The number of nitrogens with one attached hydrogen (secondary N) is 2. The fraction of sp³-hybridized carbons (Fsp3) is 0.359. The quantitative estimate of drug-likeness (QED) is 0.141. The molecule has 1 fully saturated rings. The van der Waals surface area contributed by atoms with E-state index in [4.69, 9.17) is 21.3 Å². The number of halogens is 1. The van der Waals surface area contributed by atoms with E-state index in [0.29, 0.717) is 40.3 Å². The van der Waals surface area contributed by atoms with Crippen LogP contribution in [0, 0.1) is 18.8 Å². The van der Waals surface area contributed by atoms with Crippen LogP contribution in [-0.2, 0) is 36.2 Å². The molecule has 264 valence electrons. The second-order valence-electron chi connectivity index (χ2n) is 13.6. The number of rotatable bonds is 9. The van der Waals surface area contributed by atoms with Crippen molar-refractivity contribution in [1.82, 2.24) is 24.4 Å². The minimum absolute atomic E-state index is 0.0235. The SMILES string of the molecule is COC(=O)[C@H]1CC[C@H](CN2CCc3c(nc(C(=O)Nc4cccc(-c5cccc(Nc6nccc7cc(CO)cnc67)c5C)c4Cl)n3C)C2)CC1. The van der Waals surface area contributed by atoms with Crippen molar-refractivity contribution >= 4 is 51.6 Å². The van der Waals surface area contributed by atoms with E-state index in [0.717, 1.165) is 89.9 Å². The number of methoxy groups -OCH3 is 1. The summed E-state index contributed by atoms with van der Waals surface area (Å²) in [6, 6.07) is 15.3. The van der Waals surface area contributed by atoms with Crippen molar-refractivity contribution in [2.24, 2.45) is 18.9 Å². The number of benzene rings is 2. The molecule has 1 aliphatic carbocycles. The van der Waals surface area contributed by atoms with Crippen molar-refractivity contribution in [3.05, 3.63) is 94.3 Å². The summed E-state index contributed by atoms with van der Waals surface area (Å²) in [6.45, 7) is 4.49. The third-order valence-corrected chi connectivity index (χ3v) is 10.8. The Morgan fingerprint density at radius 1 is 1.04 bits per heavy atom. The average Bonchev–Trinajstić information content (AvgIpc) is 3.48. The lowest BCUT2D eigenvalue weighted by atomic mass is 9.81. The number of amides is 1. The van der Waals surface area contributed by atoms with Gasteiger partial charge < -0.3 is 25.0 Å². The van der Waals surface area contributed by atoms with Crippen LogP contribution < -0.4 is 10.6 Å². The molecule has 0 atom stereocenters. The molecule has 12 heteroatoms. The van der Waals surface area contributed by atoms with Gasteiger partial charge in [-0.3, -0.25) is 19.5 Å². The Balaban J connectivity index is 1.05. The number of aliphatic hydroxyl groups excluding tert-OH is 1. The van der Waals surface area contributed by atoms with Crippen LogP contribution in [-0.4, -0.2) is 61.6 Å². The molecule has 1 saturated carbocycles. The van der Waals surface area contributed by atoms with Crippen LogP contribution in [0.1, 0.15) is 58.8 Å². The maximum absolute atomic E-state index is 13.7. The molecule has 1 amide bonds. The molecule has 5 aromatic rings. The van der Waals surface area contributed by atoms with Crippen molar-refractivity contribution in [2.75, 3.05) is 30.8 Å². The van der Waals surface area contributed by atoms with Gasteiger partial charge in [0.2, 0.25) is 0 Å². The highest BCUT2D eigenvalue weighted by Gasteiger charge is 2.31. The van der Waals surface area contributed by atoms with Crippen LogP contribution in [0.25, 0.3) is 22.0 Å². The van der Waals surface area contributed by atoms with Crippen LogP contribution in [0.4, 0.5) is 17.2 Å². The van der Waals surface area contributed by atoms with E-state index in [2.05, 4.69) is 25.5 Å². The highest BCUT2D eigenvalue weighted by Crippen LogP contribution is 2.39. The van der Waals surface area contributed by atoms with E-state index < -0.39 is 0 Å². The first-order valence-corrected chi connectivity index (χ1v) is 17.8. The van der Waals surface area contributed by atoms with Gasteiger partial charge in [0, 0.05) is 67.8 Å². The van der Waals surface area contributed by atoms with Crippen LogP contribution in [0.3, 0.4) is 0 Å². The normalized spacial score (nSPS) is 17.6. The van der Waals surface area contributed by atoms with Gasteiger partial charge in [-0.1, -0.05) is 35.9 Å². The minimum atomic E-state index is -0.315. The number of fused-ring (bicyclic) bond motifs is 2. The van der Waals surface area contributed by atoms with Gasteiger partial charge in [-0.25, -0.2) is 9.97 Å². The second kappa shape index (κ2) is 14.8. The zero-order chi connectivity index (χ0) is 35.6.